The Morgan fingerprint density at radius 3 is 2.76 bits per heavy atom. The summed E-state index contributed by atoms with van der Waals surface area (Å²) in [6, 6.07) is 3.70. The van der Waals surface area contributed by atoms with Crippen molar-refractivity contribution in [1.82, 2.24) is 10.0 Å². The number of carbonyl (C=O) groups excluding carboxylic acids is 1. The first-order valence-electron chi connectivity index (χ1n) is 5.98. The average Bonchev–Trinajstić information content (AvgIpc) is 2.46. The van der Waals surface area contributed by atoms with Crippen molar-refractivity contribution in [3.05, 3.63) is 35.1 Å². The van der Waals surface area contributed by atoms with Gasteiger partial charge in [-0.25, -0.2) is 17.5 Å². The Morgan fingerprint density at radius 1 is 1.43 bits per heavy atom. The Hall–Kier alpha value is -1.95. The molecule has 0 aliphatic carbocycles. The Balaban J connectivity index is 2.78. The quantitative estimate of drug-likeness (QED) is 0.635. The van der Waals surface area contributed by atoms with E-state index < -0.39 is 21.7 Å². The maximum Gasteiger partial charge on any atom is 0.254 e. The molecule has 0 aromatic heterocycles. The third-order valence-corrected chi connectivity index (χ3v) is 3.85. The van der Waals surface area contributed by atoms with Crippen LogP contribution in [-0.2, 0) is 10.0 Å². The molecule has 0 fully saturated rings. The second-order valence-corrected chi connectivity index (χ2v) is 5.98. The van der Waals surface area contributed by atoms with Gasteiger partial charge in [0.1, 0.15) is 12.4 Å². The van der Waals surface area contributed by atoms with E-state index in [-0.39, 0.29) is 24.5 Å². The summed E-state index contributed by atoms with van der Waals surface area (Å²) in [5, 5.41) is 10.9. The molecular weight excluding hydrogens is 299 g/mol. The molecule has 0 unspecified atom stereocenters. The molecule has 1 amide bonds. The molecule has 0 aliphatic rings. The Bertz CT molecular complexity index is 677. The van der Waals surface area contributed by atoms with Crippen LogP contribution in [0.2, 0.25) is 0 Å². The highest BCUT2D eigenvalue weighted by Crippen LogP contribution is 2.10. The first kappa shape index (κ1) is 17.1. The number of aliphatic hydroxyl groups excluding tert-OH is 1. The lowest BCUT2D eigenvalue weighted by Gasteiger charge is -2.07. The van der Waals surface area contributed by atoms with E-state index in [4.69, 9.17) is 5.11 Å². The largest absolute Gasteiger partial charge is 0.384 e. The van der Waals surface area contributed by atoms with Crippen molar-refractivity contribution >= 4 is 15.9 Å². The molecule has 0 saturated heterocycles. The highest BCUT2D eigenvalue weighted by Gasteiger charge is 2.13. The normalized spacial score (nSPS) is 10.6. The summed E-state index contributed by atoms with van der Waals surface area (Å²) in [4.78, 5) is 11.8. The molecule has 114 valence electrons. The maximum atomic E-state index is 13.6. The van der Waals surface area contributed by atoms with Gasteiger partial charge in [0, 0.05) is 12.1 Å². The van der Waals surface area contributed by atoms with Crippen LogP contribution in [0.5, 0.6) is 0 Å². The predicted octanol–water partition coefficient (Wildman–Crippen LogP) is -0.552. The number of sulfonamides is 1. The van der Waals surface area contributed by atoms with Crippen molar-refractivity contribution in [2.75, 3.05) is 26.0 Å². The van der Waals surface area contributed by atoms with Crippen molar-refractivity contribution in [3.8, 4) is 11.8 Å². The predicted molar refractivity (Wildman–Crippen MR) is 75.5 cm³/mol. The van der Waals surface area contributed by atoms with E-state index in [1.165, 1.54) is 19.2 Å². The second-order valence-electron chi connectivity index (χ2n) is 3.93. The van der Waals surface area contributed by atoms with E-state index >= 15 is 0 Å². The van der Waals surface area contributed by atoms with Crippen LogP contribution in [0.3, 0.4) is 0 Å². The Morgan fingerprint density at radius 2 is 2.14 bits per heavy atom. The zero-order valence-electron chi connectivity index (χ0n) is 11.3. The second kappa shape index (κ2) is 7.73. The van der Waals surface area contributed by atoms with Crippen LogP contribution in [0.1, 0.15) is 15.9 Å². The highest BCUT2D eigenvalue weighted by molar-refractivity contribution is 7.89. The van der Waals surface area contributed by atoms with E-state index in [0.29, 0.717) is 5.56 Å². The molecule has 0 aliphatic heterocycles. The first-order valence-corrected chi connectivity index (χ1v) is 7.63. The van der Waals surface area contributed by atoms with Gasteiger partial charge in [0.2, 0.25) is 10.0 Å². The monoisotopic (exact) mass is 314 g/mol. The van der Waals surface area contributed by atoms with Crippen LogP contribution in [0.4, 0.5) is 4.39 Å². The first-order chi connectivity index (χ1) is 9.89. The van der Waals surface area contributed by atoms with Gasteiger partial charge in [-0.3, -0.25) is 4.79 Å². The van der Waals surface area contributed by atoms with Crippen molar-refractivity contribution in [3.63, 3.8) is 0 Å². The number of aliphatic hydroxyl groups is 1. The number of hydrogen-bond acceptors (Lipinski definition) is 4. The van der Waals surface area contributed by atoms with E-state index in [2.05, 4.69) is 21.9 Å². The average molecular weight is 314 g/mol. The number of amides is 1. The molecule has 1 aromatic rings. The maximum absolute atomic E-state index is 13.6. The third kappa shape index (κ3) is 5.51. The summed E-state index contributed by atoms with van der Waals surface area (Å²) in [5.74, 6) is 3.17. The molecule has 0 atom stereocenters. The van der Waals surface area contributed by atoms with Crippen LogP contribution in [0.25, 0.3) is 0 Å². The van der Waals surface area contributed by atoms with Crippen molar-refractivity contribution < 1.29 is 22.7 Å². The van der Waals surface area contributed by atoms with Crippen LogP contribution in [0.15, 0.2) is 18.2 Å². The lowest BCUT2D eigenvalue weighted by molar-refractivity contribution is 0.0952. The SMILES string of the molecule is CNS(=O)(=O)CCNC(=O)c1cc(C#CCO)ccc1F. The van der Waals surface area contributed by atoms with Gasteiger partial charge < -0.3 is 10.4 Å². The van der Waals surface area contributed by atoms with Gasteiger partial charge in [0.25, 0.3) is 5.91 Å². The fraction of sp³-hybridized carbons (Fsp3) is 0.308. The van der Waals surface area contributed by atoms with Crippen molar-refractivity contribution in [1.29, 1.82) is 0 Å². The fourth-order valence-corrected chi connectivity index (χ4v) is 1.99. The van der Waals surface area contributed by atoms with Gasteiger partial charge in [-0.1, -0.05) is 11.8 Å². The topological polar surface area (TPSA) is 95.5 Å². The molecule has 8 heteroatoms. The number of halogens is 1. The van der Waals surface area contributed by atoms with Crippen LogP contribution in [0, 0.1) is 17.7 Å². The minimum absolute atomic E-state index is 0.145. The number of nitrogens with one attached hydrogen (secondary N) is 2. The molecule has 0 heterocycles. The van der Waals surface area contributed by atoms with Gasteiger partial charge in [-0.05, 0) is 25.2 Å². The molecule has 21 heavy (non-hydrogen) atoms. The van der Waals surface area contributed by atoms with Gasteiger partial charge in [-0.2, -0.15) is 0 Å². The summed E-state index contributed by atoms with van der Waals surface area (Å²) in [6.07, 6.45) is 0. The van der Waals surface area contributed by atoms with Crippen molar-refractivity contribution in [2.24, 2.45) is 0 Å². The molecule has 1 aromatic carbocycles. The molecule has 3 N–H and O–H groups in total. The van der Waals surface area contributed by atoms with Crippen LogP contribution >= 0.6 is 0 Å². The summed E-state index contributed by atoms with van der Waals surface area (Å²) in [6.45, 7) is -0.491. The standard InChI is InChI=1S/C13H15FN2O4S/c1-15-21(19,20)8-6-16-13(18)11-9-10(3-2-7-17)4-5-12(11)14/h4-5,9,15,17H,6-8H2,1H3,(H,16,18). The van der Waals surface area contributed by atoms with E-state index in [9.17, 15) is 17.6 Å². The number of benzene rings is 1. The molecule has 0 saturated carbocycles. The molecule has 0 spiro atoms. The van der Waals surface area contributed by atoms with Crippen LogP contribution in [-0.4, -0.2) is 45.4 Å². The van der Waals surface area contributed by atoms with E-state index in [1.54, 1.807) is 0 Å². The minimum atomic E-state index is -3.44. The zero-order chi connectivity index (χ0) is 15.9. The van der Waals surface area contributed by atoms with Crippen molar-refractivity contribution in [2.45, 2.75) is 0 Å². The summed E-state index contributed by atoms with van der Waals surface area (Å²) < 4.78 is 38.0. The molecule has 0 radical (unpaired) electrons. The highest BCUT2D eigenvalue weighted by atomic mass is 32.2. The number of hydrogen-bond donors (Lipinski definition) is 3. The van der Waals surface area contributed by atoms with Gasteiger partial charge in [-0.15, -0.1) is 0 Å². The molecular formula is C13H15FN2O4S. The summed E-state index contributed by atoms with van der Waals surface area (Å²) in [7, 11) is -2.17. The number of carbonyl (C=O) groups is 1. The zero-order valence-corrected chi connectivity index (χ0v) is 12.1. The Labute approximate surface area is 122 Å². The molecule has 1 rings (SSSR count). The molecule has 6 nitrogen and oxygen atoms in total. The fourth-order valence-electron chi connectivity index (χ4n) is 1.41. The minimum Gasteiger partial charge on any atom is -0.384 e. The lowest BCUT2D eigenvalue weighted by Crippen LogP contribution is -2.33. The number of rotatable bonds is 5. The van der Waals surface area contributed by atoms with Gasteiger partial charge >= 0.3 is 0 Å². The Kier molecular flexibility index (Phi) is 6.30. The van der Waals surface area contributed by atoms with E-state index in [0.717, 1.165) is 6.07 Å². The third-order valence-electron chi connectivity index (χ3n) is 2.49. The molecule has 0 bridgehead atoms. The lowest BCUT2D eigenvalue weighted by atomic mass is 10.1. The summed E-state index contributed by atoms with van der Waals surface area (Å²) in [5.41, 5.74) is 0.139. The van der Waals surface area contributed by atoms with E-state index in [1.807, 2.05) is 0 Å². The summed E-state index contributed by atoms with van der Waals surface area (Å²) >= 11 is 0. The smallest absolute Gasteiger partial charge is 0.254 e. The van der Waals surface area contributed by atoms with Gasteiger partial charge in [0.05, 0.1) is 11.3 Å². The van der Waals surface area contributed by atoms with Gasteiger partial charge in [0.15, 0.2) is 0 Å². The van der Waals surface area contributed by atoms with Crippen LogP contribution < -0.4 is 10.0 Å².